The molecule has 2 rings (SSSR count). The average Bonchev–Trinajstić information content (AvgIpc) is 2.95. The number of hydrogen-bond acceptors (Lipinski definition) is 5. The monoisotopic (exact) mass is 253 g/mol. The van der Waals surface area contributed by atoms with Crippen molar-refractivity contribution in [1.29, 1.82) is 0 Å². The highest BCUT2D eigenvalue weighted by atomic mass is 16.5. The van der Waals surface area contributed by atoms with Gasteiger partial charge in [0.25, 0.3) is 0 Å². The summed E-state index contributed by atoms with van der Waals surface area (Å²) < 4.78 is 5.19. The Labute approximate surface area is 108 Å². The molecule has 0 aliphatic heterocycles. The fourth-order valence-corrected chi connectivity index (χ4v) is 2.50. The Hall–Kier alpha value is -0.940. The lowest BCUT2D eigenvalue weighted by atomic mass is 9.99. The van der Waals surface area contributed by atoms with Gasteiger partial charge in [0.15, 0.2) is 5.82 Å². The van der Waals surface area contributed by atoms with Gasteiger partial charge in [0.05, 0.1) is 13.2 Å². The molecule has 5 heteroatoms. The lowest BCUT2D eigenvalue weighted by molar-refractivity contribution is 0.161. The molecule has 0 bridgehead atoms. The van der Waals surface area contributed by atoms with E-state index in [1.165, 1.54) is 12.8 Å². The fraction of sp³-hybridized carbons (Fsp3) is 0.846. The van der Waals surface area contributed by atoms with Crippen LogP contribution >= 0.6 is 0 Å². The van der Waals surface area contributed by atoms with Crippen LogP contribution in [0.25, 0.3) is 0 Å². The zero-order valence-electron chi connectivity index (χ0n) is 11.3. The maximum Gasteiger partial charge on any atom is 0.226 e. The summed E-state index contributed by atoms with van der Waals surface area (Å²) in [6, 6.07) is 0. The first-order valence-corrected chi connectivity index (χ1v) is 6.81. The third-order valence-electron chi connectivity index (χ3n) is 3.58. The van der Waals surface area contributed by atoms with Gasteiger partial charge in [-0.1, -0.05) is 31.8 Å². The molecule has 18 heavy (non-hydrogen) atoms. The van der Waals surface area contributed by atoms with Crippen LogP contribution < -0.4 is 5.32 Å². The van der Waals surface area contributed by atoms with E-state index in [1.807, 2.05) is 0 Å². The van der Waals surface area contributed by atoms with Gasteiger partial charge in [0.1, 0.15) is 0 Å². The van der Waals surface area contributed by atoms with E-state index in [0.29, 0.717) is 24.2 Å². The third-order valence-corrected chi connectivity index (χ3v) is 3.58. The van der Waals surface area contributed by atoms with Gasteiger partial charge in [-0.25, -0.2) is 0 Å². The molecule has 0 aromatic carbocycles. The van der Waals surface area contributed by atoms with Crippen molar-refractivity contribution in [3.8, 4) is 0 Å². The highest BCUT2D eigenvalue weighted by Crippen LogP contribution is 2.29. The van der Waals surface area contributed by atoms with Crippen LogP contribution in [0.5, 0.6) is 0 Å². The summed E-state index contributed by atoms with van der Waals surface area (Å²) in [5.74, 6) is 1.90. The number of aliphatic hydroxyl groups is 1. The highest BCUT2D eigenvalue weighted by Gasteiger charge is 2.32. The molecule has 0 atom stereocenters. The van der Waals surface area contributed by atoms with Gasteiger partial charge in [-0.15, -0.1) is 0 Å². The number of aliphatic hydroxyl groups excluding tert-OH is 1. The number of aromatic nitrogens is 2. The Morgan fingerprint density at radius 1 is 1.39 bits per heavy atom. The van der Waals surface area contributed by atoms with Crippen LogP contribution in [0.4, 0.5) is 0 Å². The van der Waals surface area contributed by atoms with Crippen molar-refractivity contribution in [3.05, 3.63) is 11.7 Å². The molecule has 1 aliphatic carbocycles. The van der Waals surface area contributed by atoms with Crippen LogP contribution in [0.2, 0.25) is 0 Å². The van der Waals surface area contributed by atoms with E-state index >= 15 is 0 Å². The number of nitrogens with zero attached hydrogens (tertiary/aromatic N) is 2. The van der Waals surface area contributed by atoms with E-state index < -0.39 is 0 Å². The number of rotatable bonds is 6. The van der Waals surface area contributed by atoms with Crippen LogP contribution in [-0.4, -0.2) is 27.4 Å². The van der Waals surface area contributed by atoms with Crippen LogP contribution in [0.1, 0.15) is 51.2 Å². The lowest BCUT2D eigenvalue weighted by Crippen LogP contribution is -2.45. The normalized spacial score (nSPS) is 18.7. The smallest absolute Gasteiger partial charge is 0.226 e. The Bertz CT molecular complexity index is 370. The maximum atomic E-state index is 9.49. The molecule has 5 nitrogen and oxygen atoms in total. The molecule has 1 saturated carbocycles. The van der Waals surface area contributed by atoms with E-state index in [1.54, 1.807) is 0 Å². The summed E-state index contributed by atoms with van der Waals surface area (Å²) in [6.45, 7) is 5.01. The van der Waals surface area contributed by atoms with Crippen molar-refractivity contribution < 1.29 is 9.63 Å². The SMILES string of the molecule is CC(C)Cc1nc(CNC2(CO)CCCC2)no1. The molecule has 1 aromatic heterocycles. The van der Waals surface area contributed by atoms with Gasteiger partial charge >= 0.3 is 0 Å². The van der Waals surface area contributed by atoms with Crippen molar-refractivity contribution in [3.63, 3.8) is 0 Å². The second-order valence-corrected chi connectivity index (χ2v) is 5.70. The maximum absolute atomic E-state index is 9.49. The van der Waals surface area contributed by atoms with Gasteiger partial charge in [-0.2, -0.15) is 4.98 Å². The molecule has 0 spiro atoms. The standard InChI is InChI=1S/C13H23N3O2/c1-10(2)7-12-15-11(16-18-12)8-14-13(9-17)5-3-4-6-13/h10,14,17H,3-9H2,1-2H3. The second-order valence-electron chi connectivity index (χ2n) is 5.70. The molecule has 1 fully saturated rings. The van der Waals surface area contributed by atoms with Crippen LogP contribution in [0, 0.1) is 5.92 Å². The summed E-state index contributed by atoms with van der Waals surface area (Å²) in [4.78, 5) is 4.35. The Balaban J connectivity index is 1.87. The van der Waals surface area contributed by atoms with Gasteiger partial charge in [-0.3, -0.25) is 0 Å². The fourth-order valence-electron chi connectivity index (χ4n) is 2.50. The molecule has 0 saturated heterocycles. The predicted octanol–water partition coefficient (Wildman–Crippen LogP) is 1.66. The van der Waals surface area contributed by atoms with Gasteiger partial charge in [-0.05, 0) is 18.8 Å². The Kier molecular flexibility index (Phi) is 4.35. The largest absolute Gasteiger partial charge is 0.394 e. The van der Waals surface area contributed by atoms with E-state index in [2.05, 4.69) is 29.3 Å². The van der Waals surface area contributed by atoms with Crippen molar-refractivity contribution in [2.45, 2.75) is 58.0 Å². The summed E-state index contributed by atoms with van der Waals surface area (Å²) in [7, 11) is 0. The molecule has 0 unspecified atom stereocenters. The van der Waals surface area contributed by atoms with Gasteiger partial charge in [0, 0.05) is 12.0 Å². The minimum atomic E-state index is -0.126. The topological polar surface area (TPSA) is 71.2 Å². The minimum absolute atomic E-state index is 0.126. The first-order chi connectivity index (χ1) is 8.63. The molecule has 1 aliphatic rings. The quantitative estimate of drug-likeness (QED) is 0.807. The van der Waals surface area contributed by atoms with E-state index in [4.69, 9.17) is 4.52 Å². The Morgan fingerprint density at radius 3 is 2.72 bits per heavy atom. The average molecular weight is 253 g/mol. The molecular weight excluding hydrogens is 230 g/mol. The lowest BCUT2D eigenvalue weighted by Gasteiger charge is -2.27. The van der Waals surface area contributed by atoms with Crippen LogP contribution in [-0.2, 0) is 13.0 Å². The predicted molar refractivity (Wildman–Crippen MR) is 68.0 cm³/mol. The third kappa shape index (κ3) is 3.29. The van der Waals surface area contributed by atoms with Crippen LogP contribution in [0.3, 0.4) is 0 Å². The first-order valence-electron chi connectivity index (χ1n) is 6.81. The minimum Gasteiger partial charge on any atom is -0.394 e. The summed E-state index contributed by atoms with van der Waals surface area (Å²) in [5.41, 5.74) is -0.126. The molecular formula is C13H23N3O2. The molecule has 2 N–H and O–H groups in total. The molecule has 102 valence electrons. The zero-order chi connectivity index (χ0) is 13.0. The first kappa shape index (κ1) is 13.5. The van der Waals surface area contributed by atoms with E-state index in [0.717, 1.165) is 19.3 Å². The van der Waals surface area contributed by atoms with E-state index in [9.17, 15) is 5.11 Å². The van der Waals surface area contributed by atoms with Gasteiger partial charge < -0.3 is 14.9 Å². The van der Waals surface area contributed by atoms with Crippen molar-refractivity contribution >= 4 is 0 Å². The Morgan fingerprint density at radius 2 is 2.11 bits per heavy atom. The number of hydrogen-bond donors (Lipinski definition) is 2. The van der Waals surface area contributed by atoms with Crippen molar-refractivity contribution in [2.75, 3.05) is 6.61 Å². The van der Waals surface area contributed by atoms with E-state index in [-0.39, 0.29) is 12.1 Å². The summed E-state index contributed by atoms with van der Waals surface area (Å²) >= 11 is 0. The number of nitrogens with one attached hydrogen (secondary N) is 1. The highest BCUT2D eigenvalue weighted by molar-refractivity contribution is 4.95. The molecule has 0 amide bonds. The molecule has 1 aromatic rings. The summed E-state index contributed by atoms with van der Waals surface area (Å²) in [6.07, 6.45) is 5.23. The van der Waals surface area contributed by atoms with Crippen LogP contribution in [0.15, 0.2) is 4.52 Å². The molecule has 0 radical (unpaired) electrons. The summed E-state index contributed by atoms with van der Waals surface area (Å²) in [5, 5.41) is 16.9. The van der Waals surface area contributed by atoms with Crippen molar-refractivity contribution in [1.82, 2.24) is 15.5 Å². The molecule has 1 heterocycles. The van der Waals surface area contributed by atoms with Crippen molar-refractivity contribution in [2.24, 2.45) is 5.92 Å². The van der Waals surface area contributed by atoms with Gasteiger partial charge in [0.2, 0.25) is 5.89 Å². The zero-order valence-corrected chi connectivity index (χ0v) is 11.3. The second kappa shape index (κ2) is 5.80.